The van der Waals surface area contributed by atoms with E-state index in [9.17, 15) is 8.78 Å². The first-order valence-corrected chi connectivity index (χ1v) is 12.6. The number of unbranched alkanes of at least 4 members (excludes halogenated alkanes) is 2. The summed E-state index contributed by atoms with van der Waals surface area (Å²) in [7, 11) is 0. The smallest absolute Gasteiger partial charge is 0.130 e. The minimum absolute atomic E-state index is 0.346. The quantitative estimate of drug-likeness (QED) is 0.143. The molecule has 33 heavy (non-hydrogen) atoms. The summed E-state index contributed by atoms with van der Waals surface area (Å²) in [5, 5.41) is 0. The first kappa shape index (κ1) is 28.7. The largest absolute Gasteiger partial charge is 0.493 e. The van der Waals surface area contributed by atoms with Crippen molar-refractivity contribution < 1.29 is 13.5 Å². The highest BCUT2D eigenvalue weighted by molar-refractivity contribution is 7.99. The third-order valence-electron chi connectivity index (χ3n) is 4.61. The summed E-state index contributed by atoms with van der Waals surface area (Å²) in [6.45, 7) is 15.7. The summed E-state index contributed by atoms with van der Waals surface area (Å²) in [5.74, 6) is 1.62. The van der Waals surface area contributed by atoms with Crippen molar-refractivity contribution in [3.63, 3.8) is 0 Å². The Kier molecular flexibility index (Phi) is 14.2. The molecule has 0 radical (unpaired) electrons. The van der Waals surface area contributed by atoms with Gasteiger partial charge >= 0.3 is 0 Å². The molecule has 180 valence electrons. The first-order chi connectivity index (χ1) is 15.8. The Bertz CT molecular complexity index is 902. The molecular formula is C29H38F2OS. The number of halogens is 2. The van der Waals surface area contributed by atoms with Crippen LogP contribution in [0.1, 0.15) is 58.9 Å². The van der Waals surface area contributed by atoms with Gasteiger partial charge in [-0.05, 0) is 82.9 Å². The van der Waals surface area contributed by atoms with Gasteiger partial charge in [-0.15, -0.1) is 6.58 Å². The molecule has 0 fully saturated rings. The minimum Gasteiger partial charge on any atom is -0.493 e. The van der Waals surface area contributed by atoms with Crippen molar-refractivity contribution >= 4 is 17.3 Å². The Morgan fingerprint density at radius 1 is 1.12 bits per heavy atom. The maximum absolute atomic E-state index is 14.5. The van der Waals surface area contributed by atoms with Crippen molar-refractivity contribution in [1.29, 1.82) is 0 Å². The fourth-order valence-corrected chi connectivity index (χ4v) is 4.03. The van der Waals surface area contributed by atoms with Gasteiger partial charge in [0.2, 0.25) is 0 Å². The second-order valence-corrected chi connectivity index (χ2v) is 9.26. The lowest BCUT2D eigenvalue weighted by molar-refractivity contribution is 0.305. The number of hydrogen-bond donors (Lipinski definition) is 0. The Balaban J connectivity index is 2.75. The maximum atomic E-state index is 14.5. The van der Waals surface area contributed by atoms with Crippen molar-refractivity contribution in [2.45, 2.75) is 53.4 Å². The van der Waals surface area contributed by atoms with E-state index in [1.54, 1.807) is 26.0 Å². The average molecular weight is 473 g/mol. The van der Waals surface area contributed by atoms with Crippen LogP contribution in [0.2, 0.25) is 0 Å². The summed E-state index contributed by atoms with van der Waals surface area (Å²) in [6, 6.07) is 4.19. The van der Waals surface area contributed by atoms with Crippen molar-refractivity contribution in [3.05, 3.63) is 95.7 Å². The van der Waals surface area contributed by atoms with E-state index in [1.807, 2.05) is 17.8 Å². The van der Waals surface area contributed by atoms with Crippen molar-refractivity contribution in [2.75, 3.05) is 18.1 Å². The Morgan fingerprint density at radius 3 is 2.52 bits per heavy atom. The molecule has 0 heterocycles. The van der Waals surface area contributed by atoms with Crippen LogP contribution in [-0.2, 0) is 0 Å². The molecule has 1 rings (SSSR count). The van der Waals surface area contributed by atoms with Crippen LogP contribution in [0.5, 0.6) is 5.75 Å². The Hall–Kier alpha value is -2.33. The predicted molar refractivity (Wildman–Crippen MR) is 143 cm³/mol. The molecule has 0 bridgehead atoms. The SMILES string of the molecule is C=CCCSC/C(C=C(C)C)=C/CCCCOc1cc(F)ccc1/C(=C/C(=C)C)C(F)=CC. The fourth-order valence-electron chi connectivity index (χ4n) is 3.12. The standard InChI is InChI=1S/C29H38F2OS/c1-7-9-17-33-21-24(18-22(3)4)13-11-10-12-16-32-29-20-25(30)14-15-26(29)27(19-23(5)6)28(31)8-2/h7-8,13-15,18-20H,1,5,9-12,16-17,21H2,2-4,6H3/b24-13+,27-19-,28-8?. The van der Waals surface area contributed by atoms with E-state index in [2.05, 4.69) is 39.2 Å². The van der Waals surface area contributed by atoms with E-state index in [0.717, 1.165) is 37.2 Å². The number of allylic oxidation sites excluding steroid dienone is 9. The molecule has 0 saturated heterocycles. The summed E-state index contributed by atoms with van der Waals surface area (Å²) in [6.07, 6.45) is 13.3. The Morgan fingerprint density at radius 2 is 1.88 bits per heavy atom. The molecular weight excluding hydrogens is 434 g/mol. The fraction of sp³-hybridized carbons (Fsp3) is 0.379. The van der Waals surface area contributed by atoms with Gasteiger partial charge in [0.25, 0.3) is 0 Å². The maximum Gasteiger partial charge on any atom is 0.130 e. The van der Waals surface area contributed by atoms with Crippen molar-refractivity contribution in [2.24, 2.45) is 0 Å². The lowest BCUT2D eigenvalue weighted by Gasteiger charge is -2.14. The van der Waals surface area contributed by atoms with Gasteiger partial charge in [0.1, 0.15) is 17.4 Å². The molecule has 0 amide bonds. The number of benzene rings is 1. The molecule has 0 N–H and O–H groups in total. The molecule has 0 atom stereocenters. The van der Waals surface area contributed by atoms with Gasteiger partial charge in [-0.2, -0.15) is 11.8 Å². The monoisotopic (exact) mass is 472 g/mol. The zero-order valence-corrected chi connectivity index (χ0v) is 21.4. The highest BCUT2D eigenvalue weighted by Gasteiger charge is 2.14. The van der Waals surface area contributed by atoms with E-state index in [0.29, 0.717) is 29.1 Å². The van der Waals surface area contributed by atoms with Crippen LogP contribution in [0.15, 0.2) is 84.3 Å². The predicted octanol–water partition coefficient (Wildman–Crippen LogP) is 9.41. The van der Waals surface area contributed by atoms with Crippen LogP contribution in [0.3, 0.4) is 0 Å². The second-order valence-electron chi connectivity index (χ2n) is 8.16. The van der Waals surface area contributed by atoms with Crippen LogP contribution in [-0.4, -0.2) is 18.1 Å². The van der Waals surface area contributed by atoms with E-state index >= 15 is 0 Å². The number of ether oxygens (including phenoxy) is 1. The van der Waals surface area contributed by atoms with Crippen LogP contribution in [0.4, 0.5) is 8.78 Å². The molecule has 0 spiro atoms. The average Bonchev–Trinajstić information content (AvgIpc) is 2.76. The van der Waals surface area contributed by atoms with Gasteiger partial charge < -0.3 is 4.74 Å². The highest BCUT2D eigenvalue weighted by Crippen LogP contribution is 2.33. The summed E-state index contributed by atoms with van der Waals surface area (Å²) < 4.78 is 34.3. The third kappa shape index (κ3) is 11.9. The van der Waals surface area contributed by atoms with Crippen LogP contribution in [0, 0.1) is 5.82 Å². The zero-order valence-electron chi connectivity index (χ0n) is 20.6. The lowest BCUT2D eigenvalue weighted by atomic mass is 10.0. The topological polar surface area (TPSA) is 9.23 Å². The number of hydrogen-bond acceptors (Lipinski definition) is 2. The van der Waals surface area contributed by atoms with E-state index in [4.69, 9.17) is 4.74 Å². The molecule has 0 unspecified atom stereocenters. The third-order valence-corrected chi connectivity index (χ3v) is 5.67. The normalized spacial score (nSPS) is 12.5. The van der Waals surface area contributed by atoms with E-state index in [-0.39, 0.29) is 0 Å². The van der Waals surface area contributed by atoms with Gasteiger partial charge in [0, 0.05) is 23.0 Å². The Labute approximate surface area is 203 Å². The van der Waals surface area contributed by atoms with E-state index < -0.39 is 11.6 Å². The second kappa shape index (κ2) is 16.3. The van der Waals surface area contributed by atoms with Gasteiger partial charge in [0.05, 0.1) is 6.61 Å². The lowest BCUT2D eigenvalue weighted by Crippen LogP contribution is -2.01. The molecule has 4 heteroatoms. The van der Waals surface area contributed by atoms with Gasteiger partial charge in [-0.25, -0.2) is 8.78 Å². The van der Waals surface area contributed by atoms with Gasteiger partial charge in [-0.3, -0.25) is 0 Å². The van der Waals surface area contributed by atoms with Crippen LogP contribution in [0.25, 0.3) is 5.57 Å². The van der Waals surface area contributed by atoms with Gasteiger partial charge in [0.15, 0.2) is 0 Å². The number of rotatable bonds is 15. The molecule has 1 aromatic carbocycles. The number of thioether (sulfide) groups is 1. The molecule has 0 aliphatic rings. The van der Waals surface area contributed by atoms with Gasteiger partial charge in [-0.1, -0.05) is 42.0 Å². The molecule has 1 nitrogen and oxygen atoms in total. The first-order valence-electron chi connectivity index (χ1n) is 11.4. The van der Waals surface area contributed by atoms with Crippen LogP contribution < -0.4 is 4.74 Å². The summed E-state index contributed by atoms with van der Waals surface area (Å²) in [5.41, 5.74) is 4.22. The molecule has 0 aliphatic heterocycles. The zero-order chi connectivity index (χ0) is 24.6. The summed E-state index contributed by atoms with van der Waals surface area (Å²) in [4.78, 5) is 0. The molecule has 1 aromatic rings. The molecule has 0 aromatic heterocycles. The minimum atomic E-state index is -0.410. The highest BCUT2D eigenvalue weighted by atomic mass is 32.2. The van der Waals surface area contributed by atoms with E-state index in [1.165, 1.54) is 29.4 Å². The summed E-state index contributed by atoms with van der Waals surface area (Å²) >= 11 is 1.92. The van der Waals surface area contributed by atoms with Crippen LogP contribution >= 0.6 is 11.8 Å². The van der Waals surface area contributed by atoms with Crippen molar-refractivity contribution in [3.8, 4) is 5.75 Å². The molecule has 0 aliphatic carbocycles. The molecule has 0 saturated carbocycles. The van der Waals surface area contributed by atoms with Crippen molar-refractivity contribution in [1.82, 2.24) is 0 Å².